The van der Waals surface area contributed by atoms with Crippen LogP contribution in [0.4, 0.5) is 0 Å². The highest BCUT2D eigenvalue weighted by molar-refractivity contribution is 9.10. The van der Waals surface area contributed by atoms with Crippen molar-refractivity contribution in [3.05, 3.63) is 46.0 Å². The average Bonchev–Trinajstić information content (AvgIpc) is 3.35. The van der Waals surface area contributed by atoms with Crippen LogP contribution in [0, 0.1) is 0 Å². The van der Waals surface area contributed by atoms with Crippen LogP contribution in [-0.4, -0.2) is 34.3 Å². The number of aliphatic imine (C=N–C) groups is 1. The number of nitrogens with zero attached hydrogens (tertiary/aromatic N) is 4. The summed E-state index contributed by atoms with van der Waals surface area (Å²) in [5.41, 5.74) is 1.60. The van der Waals surface area contributed by atoms with Gasteiger partial charge in [-0.1, -0.05) is 34.1 Å². The first kappa shape index (κ1) is 17.5. The van der Waals surface area contributed by atoms with Crippen LogP contribution >= 0.6 is 15.9 Å². The van der Waals surface area contributed by atoms with Gasteiger partial charge in [-0.3, -0.25) is 4.99 Å². The van der Waals surface area contributed by atoms with Gasteiger partial charge >= 0.3 is 0 Å². The Morgan fingerprint density at radius 2 is 2.08 bits per heavy atom. The van der Waals surface area contributed by atoms with Gasteiger partial charge < -0.3 is 15.2 Å². The summed E-state index contributed by atoms with van der Waals surface area (Å²) in [4.78, 5) is 4.37. The Hall–Kier alpha value is -1.89. The molecule has 2 aromatic rings. The SMILES string of the molecule is CN=C(NCc1nnc2n1CCCC2)NCC1(c2ccccc2Br)CC1. The maximum Gasteiger partial charge on any atom is 0.191 e. The van der Waals surface area contributed by atoms with E-state index in [2.05, 4.69) is 70.6 Å². The molecule has 2 aliphatic rings. The summed E-state index contributed by atoms with van der Waals surface area (Å²) in [6.45, 7) is 2.55. The van der Waals surface area contributed by atoms with E-state index in [9.17, 15) is 0 Å². The molecule has 4 rings (SSSR count). The molecule has 0 spiro atoms. The third-order valence-electron chi connectivity index (χ3n) is 5.47. The van der Waals surface area contributed by atoms with Crippen LogP contribution in [0.3, 0.4) is 0 Å². The van der Waals surface area contributed by atoms with Gasteiger partial charge in [0.25, 0.3) is 0 Å². The number of halogens is 1. The van der Waals surface area contributed by atoms with Crippen LogP contribution in [-0.2, 0) is 24.9 Å². The fourth-order valence-corrected chi connectivity index (χ4v) is 4.42. The number of fused-ring (bicyclic) bond motifs is 1. The highest BCUT2D eigenvalue weighted by atomic mass is 79.9. The van der Waals surface area contributed by atoms with Gasteiger partial charge in [-0.2, -0.15) is 0 Å². The second kappa shape index (κ2) is 7.39. The van der Waals surface area contributed by atoms with Crippen LogP contribution in [0.1, 0.15) is 42.9 Å². The van der Waals surface area contributed by atoms with E-state index in [1.807, 2.05) is 7.05 Å². The Balaban J connectivity index is 1.36. The smallest absolute Gasteiger partial charge is 0.191 e. The molecular formula is C19H25BrN6. The van der Waals surface area contributed by atoms with E-state index < -0.39 is 0 Å². The molecule has 2 N–H and O–H groups in total. The molecule has 26 heavy (non-hydrogen) atoms. The van der Waals surface area contributed by atoms with Crippen molar-refractivity contribution >= 4 is 21.9 Å². The van der Waals surface area contributed by atoms with Gasteiger partial charge in [0.15, 0.2) is 11.8 Å². The van der Waals surface area contributed by atoms with Crippen LogP contribution in [0.2, 0.25) is 0 Å². The second-order valence-electron chi connectivity index (χ2n) is 7.18. The average molecular weight is 417 g/mol. The third-order valence-corrected chi connectivity index (χ3v) is 6.16. The van der Waals surface area contributed by atoms with Crippen molar-refractivity contribution in [2.75, 3.05) is 13.6 Å². The highest BCUT2D eigenvalue weighted by Gasteiger charge is 2.45. The number of rotatable bonds is 5. The lowest BCUT2D eigenvalue weighted by Crippen LogP contribution is -2.41. The fourth-order valence-electron chi connectivity index (χ4n) is 3.72. The van der Waals surface area contributed by atoms with Gasteiger partial charge in [-0.05, 0) is 37.3 Å². The van der Waals surface area contributed by atoms with E-state index in [4.69, 9.17) is 0 Å². The molecule has 1 aliphatic heterocycles. The number of nitrogens with one attached hydrogen (secondary N) is 2. The Morgan fingerprint density at radius 3 is 2.85 bits per heavy atom. The molecule has 0 bridgehead atoms. The molecule has 0 saturated heterocycles. The molecule has 1 aromatic heterocycles. The fraction of sp³-hybridized carbons (Fsp3) is 0.526. The Labute approximate surface area is 162 Å². The predicted molar refractivity (Wildman–Crippen MR) is 106 cm³/mol. The van der Waals surface area contributed by atoms with E-state index in [0.29, 0.717) is 6.54 Å². The minimum Gasteiger partial charge on any atom is -0.356 e. The topological polar surface area (TPSA) is 67.1 Å². The number of aromatic nitrogens is 3. The molecule has 138 valence electrons. The Morgan fingerprint density at radius 1 is 1.23 bits per heavy atom. The first-order chi connectivity index (χ1) is 12.7. The molecule has 0 unspecified atom stereocenters. The molecule has 0 amide bonds. The summed E-state index contributed by atoms with van der Waals surface area (Å²) in [5, 5.41) is 15.6. The lowest BCUT2D eigenvalue weighted by molar-refractivity contribution is 0.504. The molecule has 2 heterocycles. The number of benzene rings is 1. The molecule has 1 aliphatic carbocycles. The molecule has 6 nitrogen and oxygen atoms in total. The zero-order chi connectivity index (χ0) is 18.0. The quantitative estimate of drug-likeness (QED) is 0.580. The Bertz CT molecular complexity index is 808. The molecule has 7 heteroatoms. The van der Waals surface area contributed by atoms with E-state index in [1.54, 1.807) is 0 Å². The highest BCUT2D eigenvalue weighted by Crippen LogP contribution is 2.49. The van der Waals surface area contributed by atoms with Crippen molar-refractivity contribution in [3.63, 3.8) is 0 Å². The number of hydrogen-bond donors (Lipinski definition) is 2. The second-order valence-corrected chi connectivity index (χ2v) is 8.04. The number of guanidine groups is 1. The summed E-state index contributed by atoms with van der Waals surface area (Å²) in [6.07, 6.45) is 5.87. The Kier molecular flexibility index (Phi) is 4.98. The minimum atomic E-state index is 0.214. The molecule has 1 aromatic carbocycles. The van der Waals surface area contributed by atoms with Crippen LogP contribution in [0.25, 0.3) is 0 Å². The molecular weight excluding hydrogens is 392 g/mol. The molecule has 1 saturated carbocycles. The van der Waals surface area contributed by atoms with Crippen molar-refractivity contribution in [2.45, 2.75) is 50.6 Å². The largest absolute Gasteiger partial charge is 0.356 e. The molecule has 0 atom stereocenters. The predicted octanol–water partition coefficient (Wildman–Crippen LogP) is 2.77. The summed E-state index contributed by atoms with van der Waals surface area (Å²) in [5.74, 6) is 2.92. The lowest BCUT2D eigenvalue weighted by atomic mass is 9.96. The van der Waals surface area contributed by atoms with Crippen molar-refractivity contribution in [1.82, 2.24) is 25.4 Å². The van der Waals surface area contributed by atoms with Gasteiger partial charge in [-0.25, -0.2) is 0 Å². The maximum absolute atomic E-state index is 4.37. The monoisotopic (exact) mass is 416 g/mol. The summed E-state index contributed by atoms with van der Waals surface area (Å²) >= 11 is 3.70. The van der Waals surface area contributed by atoms with Gasteiger partial charge in [0.05, 0.1) is 6.54 Å². The summed E-state index contributed by atoms with van der Waals surface area (Å²) < 4.78 is 3.44. The molecule has 1 fully saturated rings. The summed E-state index contributed by atoms with van der Waals surface area (Å²) in [6, 6.07) is 8.52. The number of hydrogen-bond acceptors (Lipinski definition) is 3. The van der Waals surface area contributed by atoms with E-state index in [1.165, 1.54) is 35.7 Å². The van der Waals surface area contributed by atoms with E-state index in [-0.39, 0.29) is 5.41 Å². The zero-order valence-corrected chi connectivity index (χ0v) is 16.7. The van der Waals surface area contributed by atoms with Crippen molar-refractivity contribution in [3.8, 4) is 0 Å². The van der Waals surface area contributed by atoms with Crippen molar-refractivity contribution < 1.29 is 0 Å². The van der Waals surface area contributed by atoms with E-state index in [0.717, 1.165) is 37.1 Å². The van der Waals surface area contributed by atoms with Crippen LogP contribution < -0.4 is 10.6 Å². The van der Waals surface area contributed by atoms with E-state index >= 15 is 0 Å². The first-order valence-corrected chi connectivity index (χ1v) is 10.1. The zero-order valence-electron chi connectivity index (χ0n) is 15.1. The van der Waals surface area contributed by atoms with Crippen molar-refractivity contribution in [2.24, 2.45) is 4.99 Å². The number of aryl methyl sites for hydroxylation is 1. The van der Waals surface area contributed by atoms with Crippen molar-refractivity contribution in [1.29, 1.82) is 0 Å². The molecule has 0 radical (unpaired) electrons. The lowest BCUT2D eigenvalue weighted by Gasteiger charge is -2.20. The third kappa shape index (κ3) is 3.49. The first-order valence-electron chi connectivity index (χ1n) is 9.32. The summed E-state index contributed by atoms with van der Waals surface area (Å²) in [7, 11) is 1.81. The van der Waals surface area contributed by atoms with Gasteiger partial charge in [0, 0.05) is 36.4 Å². The maximum atomic E-state index is 4.37. The van der Waals surface area contributed by atoms with Gasteiger partial charge in [0.1, 0.15) is 5.82 Å². The normalized spacial score (nSPS) is 18.3. The van der Waals surface area contributed by atoms with Gasteiger partial charge in [-0.15, -0.1) is 10.2 Å². The van der Waals surface area contributed by atoms with Crippen LogP contribution in [0.5, 0.6) is 0 Å². The minimum absolute atomic E-state index is 0.214. The van der Waals surface area contributed by atoms with Gasteiger partial charge in [0.2, 0.25) is 0 Å². The standard InChI is InChI=1S/C19H25BrN6/c1-21-18(22-12-17-25-24-16-8-4-5-11-26(16)17)23-13-19(9-10-19)14-6-2-3-7-15(14)20/h2-3,6-7H,4-5,8-13H2,1H3,(H2,21,22,23). The van der Waals surface area contributed by atoms with Crippen LogP contribution in [0.15, 0.2) is 33.7 Å².